The molecule has 2 rings (SSSR count). The molecule has 2 aromatic heterocycles. The minimum Gasteiger partial charge on any atom is -0.349 e. The van der Waals surface area contributed by atoms with E-state index in [0.717, 1.165) is 8.26 Å². The molecule has 0 aromatic carbocycles. The summed E-state index contributed by atoms with van der Waals surface area (Å²) in [6.45, 7) is 0.706. The highest BCUT2D eigenvalue weighted by atomic mass is 79.9. The smallest absolute Gasteiger partial charge is 0.306 e. The number of nitrogens with one attached hydrogen (secondary N) is 1. The number of nitrogens with zero attached hydrogens (tertiary/aromatic N) is 3. The summed E-state index contributed by atoms with van der Waals surface area (Å²) in [6.07, 6.45) is 2.50. The van der Waals surface area contributed by atoms with Gasteiger partial charge in [0.1, 0.15) is 12.4 Å². The normalized spacial score (nSPS) is 10.5. The molecule has 0 spiro atoms. The molecule has 1 N–H and O–H groups in total. The SMILES string of the molecule is O=C(NCCn1cc([N+](=O)[O-])cn1)c1cc(Br)c(Br)s1. The molecule has 20 heavy (non-hydrogen) atoms. The molecule has 0 aliphatic rings. The van der Waals surface area contributed by atoms with Crippen LogP contribution in [0.1, 0.15) is 9.67 Å². The summed E-state index contributed by atoms with van der Waals surface area (Å²) >= 11 is 7.95. The fourth-order valence-electron chi connectivity index (χ4n) is 1.40. The van der Waals surface area contributed by atoms with Crippen molar-refractivity contribution >= 4 is 54.8 Å². The highest BCUT2D eigenvalue weighted by Crippen LogP contribution is 2.32. The molecule has 0 aliphatic carbocycles. The van der Waals surface area contributed by atoms with Gasteiger partial charge in [-0.05, 0) is 37.9 Å². The van der Waals surface area contributed by atoms with Gasteiger partial charge in [-0.15, -0.1) is 11.3 Å². The molecule has 2 aromatic rings. The number of rotatable bonds is 5. The van der Waals surface area contributed by atoms with Crippen molar-refractivity contribution < 1.29 is 9.72 Å². The maximum atomic E-state index is 11.8. The summed E-state index contributed by atoms with van der Waals surface area (Å²) < 4.78 is 3.10. The van der Waals surface area contributed by atoms with Crippen molar-refractivity contribution in [1.82, 2.24) is 15.1 Å². The van der Waals surface area contributed by atoms with E-state index in [2.05, 4.69) is 42.3 Å². The first-order chi connectivity index (χ1) is 9.47. The number of thiophene rings is 1. The Kier molecular flexibility index (Phi) is 4.89. The van der Waals surface area contributed by atoms with Crippen LogP contribution in [0, 0.1) is 10.1 Å². The van der Waals surface area contributed by atoms with Crippen molar-refractivity contribution in [3.8, 4) is 0 Å². The van der Waals surface area contributed by atoms with Crippen LogP contribution in [0.15, 0.2) is 26.7 Å². The Morgan fingerprint density at radius 3 is 2.85 bits per heavy atom. The van der Waals surface area contributed by atoms with Crippen molar-refractivity contribution in [2.75, 3.05) is 6.54 Å². The molecule has 1 amide bonds. The van der Waals surface area contributed by atoms with E-state index in [4.69, 9.17) is 0 Å². The van der Waals surface area contributed by atoms with Crippen LogP contribution in [0.25, 0.3) is 0 Å². The van der Waals surface area contributed by atoms with Gasteiger partial charge in [0.05, 0.1) is 20.1 Å². The summed E-state index contributed by atoms with van der Waals surface area (Å²) in [5.41, 5.74) is -0.0672. The Balaban J connectivity index is 1.86. The van der Waals surface area contributed by atoms with Crippen LogP contribution in [0.4, 0.5) is 5.69 Å². The second-order valence-electron chi connectivity index (χ2n) is 3.71. The van der Waals surface area contributed by atoms with E-state index in [-0.39, 0.29) is 11.6 Å². The van der Waals surface area contributed by atoms with Gasteiger partial charge < -0.3 is 5.32 Å². The average Bonchev–Trinajstić information content (AvgIpc) is 2.98. The fraction of sp³-hybridized carbons (Fsp3) is 0.200. The minimum atomic E-state index is -0.511. The summed E-state index contributed by atoms with van der Waals surface area (Å²) in [4.78, 5) is 22.4. The quantitative estimate of drug-likeness (QED) is 0.591. The summed E-state index contributed by atoms with van der Waals surface area (Å²) in [6, 6.07) is 1.73. The zero-order valence-electron chi connectivity index (χ0n) is 9.88. The van der Waals surface area contributed by atoms with E-state index >= 15 is 0 Å². The maximum absolute atomic E-state index is 11.8. The van der Waals surface area contributed by atoms with Crippen LogP contribution in [0.2, 0.25) is 0 Å². The molecular weight excluding hydrogens is 416 g/mol. The van der Waals surface area contributed by atoms with Gasteiger partial charge in [0.25, 0.3) is 5.91 Å². The predicted octanol–water partition coefficient (Wildman–Crippen LogP) is 2.81. The van der Waals surface area contributed by atoms with Gasteiger partial charge in [-0.1, -0.05) is 0 Å². The molecule has 0 saturated carbocycles. The van der Waals surface area contributed by atoms with Gasteiger partial charge in [-0.25, -0.2) is 0 Å². The van der Waals surface area contributed by atoms with Crippen LogP contribution < -0.4 is 5.32 Å². The van der Waals surface area contributed by atoms with Gasteiger partial charge in [-0.3, -0.25) is 19.6 Å². The molecule has 0 fully saturated rings. The Hall–Kier alpha value is -1.26. The van der Waals surface area contributed by atoms with Crippen molar-refractivity contribution in [2.24, 2.45) is 0 Å². The molecule has 0 bridgehead atoms. The second-order valence-corrected chi connectivity index (χ2v) is 6.93. The number of hydrogen-bond donors (Lipinski definition) is 1. The molecular formula is C10H8Br2N4O3S. The van der Waals surface area contributed by atoms with Crippen molar-refractivity contribution in [2.45, 2.75) is 6.54 Å². The molecule has 0 aliphatic heterocycles. The number of nitro groups is 1. The number of carbonyl (C=O) groups is 1. The van der Waals surface area contributed by atoms with Gasteiger partial charge in [0, 0.05) is 11.0 Å². The average molecular weight is 424 g/mol. The molecule has 0 saturated heterocycles. The zero-order chi connectivity index (χ0) is 14.7. The van der Waals surface area contributed by atoms with E-state index in [0.29, 0.717) is 18.0 Å². The number of aromatic nitrogens is 2. The second kappa shape index (κ2) is 6.46. The zero-order valence-corrected chi connectivity index (χ0v) is 13.9. The number of amides is 1. The monoisotopic (exact) mass is 422 g/mol. The molecule has 10 heteroatoms. The Morgan fingerprint density at radius 1 is 1.55 bits per heavy atom. The number of hydrogen-bond acceptors (Lipinski definition) is 5. The van der Waals surface area contributed by atoms with Crippen LogP contribution in [-0.2, 0) is 6.54 Å². The maximum Gasteiger partial charge on any atom is 0.306 e. The van der Waals surface area contributed by atoms with E-state index in [1.165, 1.54) is 28.4 Å². The summed E-state index contributed by atoms with van der Waals surface area (Å²) in [5.74, 6) is -0.192. The van der Waals surface area contributed by atoms with Crippen LogP contribution in [-0.4, -0.2) is 27.2 Å². The summed E-state index contributed by atoms with van der Waals surface area (Å²) in [5, 5.41) is 17.1. The highest BCUT2D eigenvalue weighted by molar-refractivity contribution is 9.13. The predicted molar refractivity (Wildman–Crippen MR) is 80.9 cm³/mol. The highest BCUT2D eigenvalue weighted by Gasteiger charge is 2.12. The largest absolute Gasteiger partial charge is 0.349 e. The lowest BCUT2D eigenvalue weighted by molar-refractivity contribution is -0.385. The van der Waals surface area contributed by atoms with Crippen molar-refractivity contribution in [1.29, 1.82) is 0 Å². The topological polar surface area (TPSA) is 90.1 Å². The Labute approximate surface area is 134 Å². The fourth-order valence-corrected chi connectivity index (χ4v) is 3.35. The third-order valence-electron chi connectivity index (χ3n) is 2.33. The standard InChI is InChI=1S/C10H8Br2N4O3S/c11-7-3-8(20-9(7)12)10(17)13-1-2-15-5-6(4-14-15)16(18)19/h3-5H,1-2H2,(H,13,17). The molecule has 7 nitrogen and oxygen atoms in total. The van der Waals surface area contributed by atoms with E-state index in [1.807, 2.05) is 0 Å². The van der Waals surface area contributed by atoms with Gasteiger partial charge in [0.2, 0.25) is 0 Å². The lowest BCUT2D eigenvalue weighted by atomic mass is 10.4. The molecule has 0 unspecified atom stereocenters. The minimum absolute atomic E-state index is 0.0672. The molecule has 106 valence electrons. The molecule has 2 heterocycles. The Bertz CT molecular complexity index is 635. The first kappa shape index (κ1) is 15.1. The summed E-state index contributed by atoms with van der Waals surface area (Å²) in [7, 11) is 0. The van der Waals surface area contributed by atoms with E-state index in [1.54, 1.807) is 6.07 Å². The first-order valence-corrected chi connectivity index (χ1v) is 7.77. The number of halogens is 2. The third-order valence-corrected chi connectivity index (χ3v) is 5.58. The van der Waals surface area contributed by atoms with E-state index in [9.17, 15) is 14.9 Å². The number of carbonyl (C=O) groups excluding carboxylic acids is 1. The molecule has 0 radical (unpaired) electrons. The molecule has 0 atom stereocenters. The van der Waals surface area contributed by atoms with Crippen LogP contribution >= 0.6 is 43.2 Å². The lowest BCUT2D eigenvalue weighted by Crippen LogP contribution is -2.26. The third kappa shape index (κ3) is 3.64. The Morgan fingerprint density at radius 2 is 2.30 bits per heavy atom. The lowest BCUT2D eigenvalue weighted by Gasteiger charge is -2.03. The van der Waals surface area contributed by atoms with Crippen LogP contribution in [0.3, 0.4) is 0 Å². The van der Waals surface area contributed by atoms with E-state index < -0.39 is 4.92 Å². The van der Waals surface area contributed by atoms with Gasteiger partial charge in [0.15, 0.2) is 0 Å². The van der Waals surface area contributed by atoms with Crippen molar-refractivity contribution in [3.63, 3.8) is 0 Å². The first-order valence-electron chi connectivity index (χ1n) is 5.37. The van der Waals surface area contributed by atoms with Crippen molar-refractivity contribution in [3.05, 3.63) is 41.7 Å². The van der Waals surface area contributed by atoms with Gasteiger partial charge >= 0.3 is 5.69 Å². The van der Waals surface area contributed by atoms with Crippen LogP contribution in [0.5, 0.6) is 0 Å². The van der Waals surface area contributed by atoms with Gasteiger partial charge in [-0.2, -0.15) is 5.10 Å².